The molecule has 0 spiro atoms. The highest BCUT2D eigenvalue weighted by molar-refractivity contribution is 7.14. The maximum absolute atomic E-state index is 11.9. The molecule has 1 aliphatic rings. The number of hydrogen-bond acceptors (Lipinski definition) is 2. The Morgan fingerprint density at radius 3 is 3.00 bits per heavy atom. The molecule has 0 radical (unpaired) electrons. The van der Waals surface area contributed by atoms with E-state index in [1.54, 1.807) is 11.3 Å². The summed E-state index contributed by atoms with van der Waals surface area (Å²) >= 11 is 7.37. The van der Waals surface area contributed by atoms with Crippen LogP contribution in [0.1, 0.15) is 39.9 Å². The minimum Gasteiger partial charge on any atom is -0.351 e. The van der Waals surface area contributed by atoms with E-state index in [4.69, 9.17) is 11.6 Å². The number of rotatable bonds is 4. The van der Waals surface area contributed by atoms with Gasteiger partial charge in [-0.3, -0.25) is 4.79 Å². The van der Waals surface area contributed by atoms with Crippen molar-refractivity contribution in [3.8, 4) is 0 Å². The predicted molar refractivity (Wildman–Crippen MR) is 73.2 cm³/mol. The van der Waals surface area contributed by atoms with Crippen molar-refractivity contribution in [2.75, 3.05) is 12.4 Å². The molecule has 1 atom stereocenters. The lowest BCUT2D eigenvalue weighted by Crippen LogP contribution is -2.28. The molecule has 1 unspecified atom stereocenters. The number of amides is 1. The Bertz CT molecular complexity index is 379. The van der Waals surface area contributed by atoms with E-state index < -0.39 is 0 Å². The summed E-state index contributed by atoms with van der Waals surface area (Å²) in [6.07, 6.45) is 4.80. The van der Waals surface area contributed by atoms with Gasteiger partial charge in [0.15, 0.2) is 0 Å². The van der Waals surface area contributed by atoms with Crippen LogP contribution in [0.3, 0.4) is 0 Å². The average molecular weight is 272 g/mol. The van der Waals surface area contributed by atoms with E-state index in [9.17, 15) is 4.79 Å². The van der Waals surface area contributed by atoms with Gasteiger partial charge < -0.3 is 5.32 Å². The SMILES string of the molecule is CC(CCl)CNC(=O)c1cc2c(s1)CCCC2. The van der Waals surface area contributed by atoms with Crippen molar-refractivity contribution in [1.29, 1.82) is 0 Å². The van der Waals surface area contributed by atoms with Crippen molar-refractivity contribution in [2.24, 2.45) is 5.92 Å². The third kappa shape index (κ3) is 3.23. The van der Waals surface area contributed by atoms with Gasteiger partial charge in [-0.2, -0.15) is 0 Å². The first kappa shape index (κ1) is 12.9. The number of fused-ring (bicyclic) bond motifs is 1. The molecule has 0 aliphatic heterocycles. The summed E-state index contributed by atoms with van der Waals surface area (Å²) < 4.78 is 0. The lowest BCUT2D eigenvalue weighted by Gasteiger charge is -2.08. The van der Waals surface area contributed by atoms with Gasteiger partial charge in [0.2, 0.25) is 0 Å². The molecule has 2 nitrogen and oxygen atoms in total. The summed E-state index contributed by atoms with van der Waals surface area (Å²) in [7, 11) is 0. The van der Waals surface area contributed by atoms with Crippen LogP contribution in [0.2, 0.25) is 0 Å². The monoisotopic (exact) mass is 271 g/mol. The van der Waals surface area contributed by atoms with Crippen molar-refractivity contribution in [1.82, 2.24) is 5.32 Å². The number of thiophene rings is 1. The van der Waals surface area contributed by atoms with E-state index in [1.165, 1.54) is 23.3 Å². The van der Waals surface area contributed by atoms with E-state index >= 15 is 0 Å². The second-order valence-electron chi connectivity index (χ2n) is 4.74. The minimum atomic E-state index is 0.0568. The molecule has 0 aromatic carbocycles. The Labute approximate surface area is 111 Å². The van der Waals surface area contributed by atoms with Gasteiger partial charge in [0, 0.05) is 17.3 Å². The first-order valence-electron chi connectivity index (χ1n) is 6.16. The van der Waals surface area contributed by atoms with E-state index in [0.29, 0.717) is 18.3 Å². The minimum absolute atomic E-state index is 0.0568. The first-order valence-corrected chi connectivity index (χ1v) is 7.51. The molecular formula is C13H18ClNOS. The van der Waals surface area contributed by atoms with Gasteiger partial charge in [0.25, 0.3) is 5.91 Å². The predicted octanol–water partition coefficient (Wildman–Crippen LogP) is 3.23. The van der Waals surface area contributed by atoms with Crippen molar-refractivity contribution in [3.63, 3.8) is 0 Å². The topological polar surface area (TPSA) is 29.1 Å². The molecule has 2 rings (SSSR count). The van der Waals surface area contributed by atoms with E-state index in [2.05, 4.69) is 11.4 Å². The molecule has 94 valence electrons. The Balaban J connectivity index is 1.97. The van der Waals surface area contributed by atoms with Crippen molar-refractivity contribution < 1.29 is 4.79 Å². The highest BCUT2D eigenvalue weighted by Crippen LogP contribution is 2.29. The summed E-state index contributed by atoms with van der Waals surface area (Å²) in [5.74, 6) is 0.970. The number of nitrogens with one attached hydrogen (secondary N) is 1. The van der Waals surface area contributed by atoms with Crippen LogP contribution >= 0.6 is 22.9 Å². The third-order valence-corrected chi connectivity index (χ3v) is 4.86. The molecule has 17 heavy (non-hydrogen) atoms. The Morgan fingerprint density at radius 1 is 1.53 bits per heavy atom. The Hall–Kier alpha value is -0.540. The highest BCUT2D eigenvalue weighted by Gasteiger charge is 2.17. The molecule has 0 bridgehead atoms. The fourth-order valence-electron chi connectivity index (χ4n) is 2.01. The van der Waals surface area contributed by atoms with Crippen LogP contribution in [0.15, 0.2) is 6.07 Å². The normalized spacial score (nSPS) is 16.4. The molecule has 0 saturated heterocycles. The molecule has 1 aromatic heterocycles. The molecule has 0 saturated carbocycles. The third-order valence-electron chi connectivity index (χ3n) is 3.09. The van der Waals surface area contributed by atoms with Crippen LogP contribution in [-0.2, 0) is 12.8 Å². The number of halogens is 1. The summed E-state index contributed by atoms with van der Waals surface area (Å²) in [6, 6.07) is 2.07. The fraction of sp³-hybridized carbons (Fsp3) is 0.615. The van der Waals surface area contributed by atoms with Gasteiger partial charge in [0.05, 0.1) is 4.88 Å². The number of carbonyl (C=O) groups excluding carboxylic acids is 1. The van der Waals surface area contributed by atoms with Gasteiger partial charge in [0.1, 0.15) is 0 Å². The largest absolute Gasteiger partial charge is 0.351 e. The quantitative estimate of drug-likeness (QED) is 0.837. The standard InChI is InChI=1S/C13H18ClNOS/c1-9(7-14)8-15-13(16)12-6-10-4-2-3-5-11(10)17-12/h6,9H,2-5,7-8H2,1H3,(H,15,16). The van der Waals surface area contributed by atoms with Crippen LogP contribution in [0.25, 0.3) is 0 Å². The maximum Gasteiger partial charge on any atom is 0.261 e. The van der Waals surface area contributed by atoms with Crippen molar-refractivity contribution >= 4 is 28.8 Å². The van der Waals surface area contributed by atoms with Gasteiger partial charge >= 0.3 is 0 Å². The van der Waals surface area contributed by atoms with Gasteiger partial charge in [-0.05, 0) is 43.2 Å². The summed E-state index contributed by atoms with van der Waals surface area (Å²) in [5, 5.41) is 2.95. The van der Waals surface area contributed by atoms with Crippen LogP contribution < -0.4 is 5.32 Å². The first-order chi connectivity index (χ1) is 8.20. The Kier molecular flexibility index (Phi) is 4.46. The molecule has 1 N–H and O–H groups in total. The molecule has 1 heterocycles. The number of alkyl halides is 1. The van der Waals surface area contributed by atoms with Crippen LogP contribution in [0, 0.1) is 5.92 Å². The number of carbonyl (C=O) groups is 1. The zero-order valence-corrected chi connectivity index (χ0v) is 11.7. The zero-order valence-electron chi connectivity index (χ0n) is 10.1. The second kappa shape index (κ2) is 5.87. The lowest BCUT2D eigenvalue weighted by atomic mass is 9.99. The van der Waals surface area contributed by atoms with Crippen LogP contribution in [0.5, 0.6) is 0 Å². The molecule has 1 aromatic rings. The highest BCUT2D eigenvalue weighted by atomic mass is 35.5. The number of aryl methyl sites for hydroxylation is 2. The van der Waals surface area contributed by atoms with E-state index in [1.807, 2.05) is 6.92 Å². The Morgan fingerprint density at radius 2 is 2.29 bits per heavy atom. The molecule has 1 aliphatic carbocycles. The lowest BCUT2D eigenvalue weighted by molar-refractivity contribution is 0.0953. The van der Waals surface area contributed by atoms with Gasteiger partial charge in [-0.15, -0.1) is 22.9 Å². The molecule has 4 heteroatoms. The maximum atomic E-state index is 11.9. The van der Waals surface area contributed by atoms with Gasteiger partial charge in [-0.1, -0.05) is 6.92 Å². The number of hydrogen-bond donors (Lipinski definition) is 1. The van der Waals surface area contributed by atoms with E-state index in [0.717, 1.165) is 17.7 Å². The van der Waals surface area contributed by atoms with Crippen LogP contribution in [-0.4, -0.2) is 18.3 Å². The van der Waals surface area contributed by atoms with Crippen molar-refractivity contribution in [2.45, 2.75) is 32.6 Å². The summed E-state index contributed by atoms with van der Waals surface area (Å²) in [4.78, 5) is 14.2. The van der Waals surface area contributed by atoms with Gasteiger partial charge in [-0.25, -0.2) is 0 Å². The fourth-order valence-corrected chi connectivity index (χ4v) is 3.29. The molecular weight excluding hydrogens is 254 g/mol. The molecule has 0 fully saturated rings. The zero-order chi connectivity index (χ0) is 12.3. The smallest absolute Gasteiger partial charge is 0.261 e. The average Bonchev–Trinajstić information content (AvgIpc) is 2.79. The van der Waals surface area contributed by atoms with Crippen molar-refractivity contribution in [3.05, 3.63) is 21.4 Å². The molecule has 1 amide bonds. The van der Waals surface area contributed by atoms with Crippen LogP contribution in [0.4, 0.5) is 0 Å². The van der Waals surface area contributed by atoms with E-state index in [-0.39, 0.29) is 5.91 Å². The second-order valence-corrected chi connectivity index (χ2v) is 6.18. The summed E-state index contributed by atoms with van der Waals surface area (Å²) in [5.41, 5.74) is 1.39. The summed E-state index contributed by atoms with van der Waals surface area (Å²) in [6.45, 7) is 2.69.